The molecule has 1 aromatic heterocycles. The summed E-state index contributed by atoms with van der Waals surface area (Å²) >= 11 is 1.46. The first-order chi connectivity index (χ1) is 13.6. The van der Waals surface area contributed by atoms with Gasteiger partial charge in [0.05, 0.1) is 12.9 Å². The molecule has 8 heteroatoms. The van der Waals surface area contributed by atoms with E-state index in [4.69, 9.17) is 4.74 Å². The average Bonchev–Trinajstić information content (AvgIpc) is 3.46. The number of thioether (sulfide) groups is 1. The fraction of sp³-hybridized carbons (Fsp3) is 0.550. The van der Waals surface area contributed by atoms with Crippen molar-refractivity contribution in [3.05, 3.63) is 24.3 Å². The minimum atomic E-state index is -0.0584. The zero-order valence-electron chi connectivity index (χ0n) is 16.4. The highest BCUT2D eigenvalue weighted by Gasteiger charge is 2.32. The lowest BCUT2D eigenvalue weighted by Gasteiger charge is -2.31. The Labute approximate surface area is 169 Å². The monoisotopic (exact) mass is 401 g/mol. The molecule has 0 radical (unpaired) electrons. The maximum absolute atomic E-state index is 12.4. The second-order valence-corrected chi connectivity index (χ2v) is 8.56. The van der Waals surface area contributed by atoms with Crippen molar-refractivity contribution in [3.63, 3.8) is 0 Å². The lowest BCUT2D eigenvalue weighted by atomic mass is 10.00. The number of nitrogens with one attached hydrogen (secondary N) is 1. The summed E-state index contributed by atoms with van der Waals surface area (Å²) in [6.45, 7) is 4.38. The number of benzene rings is 1. The molecule has 28 heavy (non-hydrogen) atoms. The van der Waals surface area contributed by atoms with Crippen LogP contribution in [-0.4, -0.2) is 46.6 Å². The first-order valence-corrected chi connectivity index (χ1v) is 10.9. The summed E-state index contributed by atoms with van der Waals surface area (Å²) in [4.78, 5) is 14.7. The van der Waals surface area contributed by atoms with E-state index in [0.29, 0.717) is 11.8 Å². The van der Waals surface area contributed by atoms with Crippen LogP contribution in [0, 0.1) is 5.92 Å². The van der Waals surface area contributed by atoms with Gasteiger partial charge in [-0.3, -0.25) is 9.36 Å². The van der Waals surface area contributed by atoms with Crippen LogP contribution < -0.4 is 15.0 Å². The van der Waals surface area contributed by atoms with Crippen molar-refractivity contribution in [1.82, 2.24) is 14.8 Å². The van der Waals surface area contributed by atoms with Gasteiger partial charge in [0.25, 0.3) is 0 Å². The molecule has 2 heterocycles. The Morgan fingerprint density at radius 1 is 1.25 bits per heavy atom. The number of nitrogens with zero attached hydrogens (tertiary/aromatic N) is 4. The molecule has 0 spiro atoms. The van der Waals surface area contributed by atoms with Gasteiger partial charge < -0.3 is 15.0 Å². The molecule has 2 fully saturated rings. The number of methoxy groups -OCH3 is 1. The van der Waals surface area contributed by atoms with Crippen LogP contribution in [0.25, 0.3) is 0 Å². The maximum Gasteiger partial charge on any atom is 0.234 e. The summed E-state index contributed by atoms with van der Waals surface area (Å²) in [5.41, 5.74) is 0.733. The van der Waals surface area contributed by atoms with Crippen molar-refractivity contribution >= 4 is 29.3 Å². The molecular weight excluding hydrogens is 374 g/mol. The molecule has 1 N–H and O–H groups in total. The van der Waals surface area contributed by atoms with E-state index in [1.807, 2.05) is 24.3 Å². The number of hydrogen-bond acceptors (Lipinski definition) is 6. The van der Waals surface area contributed by atoms with Gasteiger partial charge in [-0.2, -0.15) is 0 Å². The number of carbonyl (C=O) groups is 1. The van der Waals surface area contributed by atoms with Crippen LogP contribution in [0.5, 0.6) is 5.75 Å². The Balaban J connectivity index is 1.40. The van der Waals surface area contributed by atoms with E-state index in [0.717, 1.165) is 41.5 Å². The fourth-order valence-corrected chi connectivity index (χ4v) is 4.27. The number of ether oxygens (including phenoxy) is 1. The Hall–Kier alpha value is -2.22. The molecule has 2 aliphatic rings. The van der Waals surface area contributed by atoms with Crippen LogP contribution in [0.1, 0.15) is 38.6 Å². The van der Waals surface area contributed by atoms with Crippen molar-refractivity contribution in [3.8, 4) is 5.75 Å². The third kappa shape index (κ3) is 4.43. The topological polar surface area (TPSA) is 72.3 Å². The molecule has 0 unspecified atom stereocenters. The van der Waals surface area contributed by atoms with E-state index in [-0.39, 0.29) is 5.91 Å². The quantitative estimate of drug-likeness (QED) is 0.715. The van der Waals surface area contributed by atoms with Crippen LogP contribution in [0.3, 0.4) is 0 Å². The molecule has 1 amide bonds. The zero-order valence-corrected chi connectivity index (χ0v) is 17.2. The Bertz CT molecular complexity index is 828. The Morgan fingerprint density at radius 3 is 2.75 bits per heavy atom. The van der Waals surface area contributed by atoms with Crippen LogP contribution in [0.15, 0.2) is 29.4 Å². The van der Waals surface area contributed by atoms with Crippen molar-refractivity contribution in [2.24, 2.45) is 5.92 Å². The maximum atomic E-state index is 12.4. The second-order valence-electron chi connectivity index (χ2n) is 7.62. The number of carbonyl (C=O) groups excluding carboxylic acids is 1. The molecule has 1 aliphatic carbocycles. The van der Waals surface area contributed by atoms with E-state index in [2.05, 4.69) is 31.9 Å². The fourth-order valence-electron chi connectivity index (χ4n) is 3.47. The summed E-state index contributed by atoms with van der Waals surface area (Å²) in [5.74, 6) is 2.73. The molecule has 1 saturated heterocycles. The molecule has 1 saturated carbocycles. The number of rotatable bonds is 7. The molecular formula is C20H27N5O2S. The van der Waals surface area contributed by atoms with E-state index < -0.39 is 0 Å². The van der Waals surface area contributed by atoms with Crippen molar-refractivity contribution in [2.75, 3.05) is 36.2 Å². The highest BCUT2D eigenvalue weighted by molar-refractivity contribution is 7.99. The lowest BCUT2D eigenvalue weighted by Crippen LogP contribution is -2.34. The third-order valence-corrected chi connectivity index (χ3v) is 6.25. The van der Waals surface area contributed by atoms with Gasteiger partial charge in [-0.1, -0.05) is 24.8 Å². The average molecular weight is 402 g/mol. The van der Waals surface area contributed by atoms with Crippen LogP contribution in [0.4, 0.5) is 11.6 Å². The largest absolute Gasteiger partial charge is 0.497 e. The van der Waals surface area contributed by atoms with E-state index in [1.165, 1.54) is 37.4 Å². The van der Waals surface area contributed by atoms with E-state index in [9.17, 15) is 4.79 Å². The van der Waals surface area contributed by atoms with Gasteiger partial charge in [-0.05, 0) is 43.7 Å². The van der Waals surface area contributed by atoms with Gasteiger partial charge >= 0.3 is 0 Å². The van der Waals surface area contributed by atoms with Crippen molar-refractivity contribution in [1.29, 1.82) is 0 Å². The molecule has 150 valence electrons. The van der Waals surface area contributed by atoms with Crippen LogP contribution >= 0.6 is 11.8 Å². The molecule has 1 aliphatic heterocycles. The Kier molecular flexibility index (Phi) is 5.75. The summed E-state index contributed by atoms with van der Waals surface area (Å²) < 4.78 is 7.45. The van der Waals surface area contributed by atoms with Crippen molar-refractivity contribution < 1.29 is 9.53 Å². The van der Waals surface area contributed by atoms with Gasteiger partial charge in [0.1, 0.15) is 5.75 Å². The van der Waals surface area contributed by atoms with Crippen LogP contribution in [0.2, 0.25) is 0 Å². The third-order valence-electron chi connectivity index (χ3n) is 5.31. The normalized spacial score (nSPS) is 17.6. The molecule has 7 nitrogen and oxygen atoms in total. The minimum absolute atomic E-state index is 0.0584. The van der Waals surface area contributed by atoms with E-state index >= 15 is 0 Å². The molecule has 4 rings (SSSR count). The smallest absolute Gasteiger partial charge is 0.234 e. The number of amides is 1. The number of anilines is 2. The number of piperidine rings is 1. The molecule has 0 atom stereocenters. The summed E-state index contributed by atoms with van der Waals surface area (Å²) in [6.07, 6.45) is 4.73. The summed E-state index contributed by atoms with van der Waals surface area (Å²) in [7, 11) is 1.61. The predicted octanol–water partition coefficient (Wildman–Crippen LogP) is 3.59. The minimum Gasteiger partial charge on any atom is -0.497 e. The van der Waals surface area contributed by atoms with Gasteiger partial charge in [0.15, 0.2) is 5.16 Å². The zero-order chi connectivity index (χ0) is 19.5. The predicted molar refractivity (Wildman–Crippen MR) is 111 cm³/mol. The number of aromatic nitrogens is 3. The van der Waals surface area contributed by atoms with Crippen molar-refractivity contribution in [2.45, 2.75) is 43.8 Å². The van der Waals surface area contributed by atoms with Gasteiger partial charge in [-0.15, -0.1) is 10.2 Å². The van der Waals surface area contributed by atoms with Gasteiger partial charge in [0.2, 0.25) is 11.9 Å². The standard InChI is InChI=1S/C20H27N5O2S/c1-14-8-10-24(11-9-14)19-22-23-20(25(19)16-6-7-16)28-13-18(26)21-15-4-3-5-17(12-15)27-2/h3-5,12,14,16H,6-11,13H2,1-2H3,(H,21,26). The second kappa shape index (κ2) is 8.43. The summed E-state index contributed by atoms with van der Waals surface area (Å²) in [6, 6.07) is 7.86. The first-order valence-electron chi connectivity index (χ1n) is 9.90. The van der Waals surface area contributed by atoms with Crippen LogP contribution in [-0.2, 0) is 4.79 Å². The Morgan fingerprint density at radius 2 is 2.04 bits per heavy atom. The lowest BCUT2D eigenvalue weighted by molar-refractivity contribution is -0.113. The van der Waals surface area contributed by atoms with Gasteiger partial charge in [0, 0.05) is 30.9 Å². The van der Waals surface area contributed by atoms with Gasteiger partial charge in [-0.25, -0.2) is 0 Å². The number of hydrogen-bond donors (Lipinski definition) is 1. The SMILES string of the molecule is COc1cccc(NC(=O)CSc2nnc(N3CCC(C)CC3)n2C2CC2)c1. The summed E-state index contributed by atoms with van der Waals surface area (Å²) in [5, 5.41) is 12.7. The molecule has 2 aromatic rings. The molecule has 0 bridgehead atoms. The molecule has 1 aromatic carbocycles. The van der Waals surface area contributed by atoms with E-state index in [1.54, 1.807) is 7.11 Å². The highest BCUT2D eigenvalue weighted by atomic mass is 32.2. The first kappa shape index (κ1) is 19.1. The highest BCUT2D eigenvalue weighted by Crippen LogP contribution is 2.41.